The van der Waals surface area contributed by atoms with E-state index in [2.05, 4.69) is 19.9 Å². The van der Waals surface area contributed by atoms with Crippen molar-refractivity contribution in [3.05, 3.63) is 12.2 Å². The molecule has 1 heterocycles. The molecule has 0 amide bonds. The van der Waals surface area contributed by atoms with E-state index in [-0.39, 0.29) is 42.7 Å². The van der Waals surface area contributed by atoms with Crippen molar-refractivity contribution in [3.8, 4) is 0 Å². The lowest BCUT2D eigenvalue weighted by atomic mass is 9.88. The molecule has 2 rings (SSSR count). The molecule has 3 unspecified atom stereocenters. The van der Waals surface area contributed by atoms with Crippen LogP contribution < -0.4 is 0 Å². The van der Waals surface area contributed by atoms with Crippen molar-refractivity contribution in [1.29, 1.82) is 0 Å². The third-order valence-electron chi connectivity index (χ3n) is 6.34. The minimum Gasteiger partial charge on any atom is -0.393 e. The van der Waals surface area contributed by atoms with Crippen LogP contribution in [0.2, 0.25) is 0 Å². The predicted molar refractivity (Wildman–Crippen MR) is 105 cm³/mol. The number of unbranched alkanes of at least 4 members (excludes halogenated alkanes) is 1. The molecule has 0 spiro atoms. The molecule has 27 heavy (non-hydrogen) atoms. The highest BCUT2D eigenvalue weighted by molar-refractivity contribution is 5.79. The standard InChI is InChI=1S/C22H38O5/c1-3-7-15(2)20(25)11-6-10-18-19-12-17(27-22(19)13-21(18)26)9-5-4-8-16(24)14-23/h6,10,15,17-23,25-26H,3-5,7-9,11-14H2,1-2H3/b10-6+/t15?,17?,18-,19-,20?,21-,22+/m1/s1. The second-order valence-electron chi connectivity index (χ2n) is 8.52. The van der Waals surface area contributed by atoms with Crippen LogP contribution in [-0.4, -0.2) is 52.1 Å². The van der Waals surface area contributed by atoms with E-state index < -0.39 is 0 Å². The molecular formula is C22H38O5. The Hall–Kier alpha value is -0.750. The number of rotatable bonds is 12. The maximum absolute atomic E-state index is 11.1. The first-order chi connectivity index (χ1) is 13.0. The highest BCUT2D eigenvalue weighted by atomic mass is 16.5. The van der Waals surface area contributed by atoms with Gasteiger partial charge in [-0.3, -0.25) is 4.79 Å². The van der Waals surface area contributed by atoms with Crippen LogP contribution in [0.15, 0.2) is 12.2 Å². The Morgan fingerprint density at radius 1 is 1.30 bits per heavy atom. The first-order valence-corrected chi connectivity index (χ1v) is 10.8. The zero-order valence-electron chi connectivity index (χ0n) is 16.9. The van der Waals surface area contributed by atoms with Crippen LogP contribution in [0.25, 0.3) is 0 Å². The van der Waals surface area contributed by atoms with Crippen molar-refractivity contribution in [2.24, 2.45) is 17.8 Å². The molecule has 0 aromatic heterocycles. The Balaban J connectivity index is 1.75. The van der Waals surface area contributed by atoms with Gasteiger partial charge in [-0.1, -0.05) is 38.8 Å². The largest absolute Gasteiger partial charge is 0.393 e. The van der Waals surface area contributed by atoms with E-state index in [1.807, 2.05) is 6.08 Å². The number of ether oxygens (including phenoxy) is 1. The van der Waals surface area contributed by atoms with Crippen LogP contribution in [0.4, 0.5) is 0 Å². The zero-order valence-corrected chi connectivity index (χ0v) is 16.9. The van der Waals surface area contributed by atoms with E-state index in [9.17, 15) is 15.0 Å². The van der Waals surface area contributed by atoms with Crippen LogP contribution in [-0.2, 0) is 9.53 Å². The van der Waals surface area contributed by atoms with Crippen molar-refractivity contribution >= 4 is 5.78 Å². The Labute approximate surface area is 163 Å². The summed E-state index contributed by atoms with van der Waals surface area (Å²) in [4.78, 5) is 11.1. The molecule has 1 saturated heterocycles. The molecule has 2 fully saturated rings. The van der Waals surface area contributed by atoms with E-state index >= 15 is 0 Å². The summed E-state index contributed by atoms with van der Waals surface area (Å²) < 4.78 is 6.14. The van der Waals surface area contributed by atoms with Crippen molar-refractivity contribution < 1.29 is 24.9 Å². The van der Waals surface area contributed by atoms with Gasteiger partial charge in [-0.15, -0.1) is 0 Å². The average Bonchev–Trinajstić information content (AvgIpc) is 3.16. The third-order valence-corrected chi connectivity index (χ3v) is 6.34. The smallest absolute Gasteiger partial charge is 0.158 e. The number of aliphatic hydroxyl groups is 3. The molecule has 0 radical (unpaired) electrons. The molecule has 5 heteroatoms. The summed E-state index contributed by atoms with van der Waals surface area (Å²) in [6, 6.07) is 0. The maximum Gasteiger partial charge on any atom is 0.158 e. The number of hydrogen-bond donors (Lipinski definition) is 3. The van der Waals surface area contributed by atoms with Crippen molar-refractivity contribution in [3.63, 3.8) is 0 Å². The fourth-order valence-corrected chi connectivity index (χ4v) is 4.66. The summed E-state index contributed by atoms with van der Waals surface area (Å²) in [7, 11) is 0. The maximum atomic E-state index is 11.1. The molecule has 2 aliphatic rings. The van der Waals surface area contributed by atoms with E-state index in [0.29, 0.717) is 31.1 Å². The SMILES string of the molecule is CCCC(C)C(O)C/C=C/[C@@H]1[C@H]2CC(CCCCC(=O)CO)O[C@H]2C[C@H]1O. The second-order valence-corrected chi connectivity index (χ2v) is 8.52. The lowest BCUT2D eigenvalue weighted by Crippen LogP contribution is -2.20. The Morgan fingerprint density at radius 2 is 2.07 bits per heavy atom. The summed E-state index contributed by atoms with van der Waals surface area (Å²) in [5.41, 5.74) is 0. The minimum absolute atomic E-state index is 0.0945. The lowest BCUT2D eigenvalue weighted by molar-refractivity contribution is -0.121. The van der Waals surface area contributed by atoms with Crippen LogP contribution in [0.5, 0.6) is 0 Å². The van der Waals surface area contributed by atoms with E-state index in [4.69, 9.17) is 9.84 Å². The van der Waals surface area contributed by atoms with Gasteiger partial charge >= 0.3 is 0 Å². The van der Waals surface area contributed by atoms with E-state index in [1.165, 1.54) is 0 Å². The number of aliphatic hydroxyl groups excluding tert-OH is 3. The fraction of sp³-hybridized carbons (Fsp3) is 0.864. The molecule has 1 saturated carbocycles. The van der Waals surface area contributed by atoms with Gasteiger partial charge in [-0.2, -0.15) is 0 Å². The topological polar surface area (TPSA) is 87.0 Å². The Kier molecular flexibility index (Phi) is 9.43. The second kappa shape index (κ2) is 11.3. The first-order valence-electron chi connectivity index (χ1n) is 10.8. The van der Waals surface area contributed by atoms with E-state index in [0.717, 1.165) is 38.5 Å². The molecule has 5 nitrogen and oxygen atoms in total. The van der Waals surface area contributed by atoms with Gasteiger partial charge in [0.05, 0.1) is 24.4 Å². The molecule has 1 aliphatic carbocycles. The van der Waals surface area contributed by atoms with Gasteiger partial charge in [0, 0.05) is 18.8 Å². The van der Waals surface area contributed by atoms with Gasteiger partial charge in [-0.05, 0) is 43.9 Å². The number of Topliss-reactive ketones (excluding diaryl/α,β-unsaturated/α-hetero) is 1. The van der Waals surface area contributed by atoms with Crippen LogP contribution in [0.1, 0.15) is 71.6 Å². The number of carbonyl (C=O) groups excluding carboxylic acids is 1. The van der Waals surface area contributed by atoms with Gasteiger partial charge in [-0.25, -0.2) is 0 Å². The van der Waals surface area contributed by atoms with Crippen molar-refractivity contribution in [1.82, 2.24) is 0 Å². The molecular weight excluding hydrogens is 344 g/mol. The lowest BCUT2D eigenvalue weighted by Gasteiger charge is -2.19. The molecule has 7 atom stereocenters. The van der Waals surface area contributed by atoms with Crippen LogP contribution in [0.3, 0.4) is 0 Å². The zero-order chi connectivity index (χ0) is 19.8. The van der Waals surface area contributed by atoms with Crippen LogP contribution in [0, 0.1) is 17.8 Å². The summed E-state index contributed by atoms with van der Waals surface area (Å²) in [6.45, 7) is 3.86. The summed E-state index contributed by atoms with van der Waals surface area (Å²) >= 11 is 0. The highest BCUT2D eigenvalue weighted by Gasteiger charge is 2.47. The number of ketones is 1. The number of carbonyl (C=O) groups is 1. The number of hydrogen-bond acceptors (Lipinski definition) is 5. The molecule has 1 aliphatic heterocycles. The summed E-state index contributed by atoms with van der Waals surface area (Å²) in [5.74, 6) is 0.677. The quantitative estimate of drug-likeness (QED) is 0.357. The minimum atomic E-state index is -0.359. The van der Waals surface area contributed by atoms with Gasteiger partial charge in [0.15, 0.2) is 5.78 Å². The molecule has 0 aromatic carbocycles. The highest BCUT2D eigenvalue weighted by Crippen LogP contribution is 2.45. The van der Waals surface area contributed by atoms with Crippen molar-refractivity contribution in [2.75, 3.05) is 6.61 Å². The van der Waals surface area contributed by atoms with Crippen molar-refractivity contribution in [2.45, 2.75) is 96.1 Å². The predicted octanol–water partition coefficient (Wildman–Crippen LogP) is 3.01. The van der Waals surface area contributed by atoms with E-state index in [1.54, 1.807) is 0 Å². The van der Waals surface area contributed by atoms with Gasteiger partial charge in [0.1, 0.15) is 6.61 Å². The molecule has 3 N–H and O–H groups in total. The van der Waals surface area contributed by atoms with Gasteiger partial charge in [0.25, 0.3) is 0 Å². The average molecular weight is 383 g/mol. The molecule has 0 aromatic rings. The Morgan fingerprint density at radius 3 is 2.78 bits per heavy atom. The number of fused-ring (bicyclic) bond motifs is 1. The fourth-order valence-electron chi connectivity index (χ4n) is 4.66. The summed E-state index contributed by atoms with van der Waals surface area (Å²) in [6.07, 6.45) is 11.3. The van der Waals surface area contributed by atoms with Crippen LogP contribution >= 0.6 is 0 Å². The first kappa shape index (κ1) is 22.5. The third kappa shape index (κ3) is 6.67. The molecule has 0 bridgehead atoms. The monoisotopic (exact) mass is 382 g/mol. The normalized spacial score (nSPS) is 32.7. The van der Waals surface area contributed by atoms with Gasteiger partial charge < -0.3 is 20.1 Å². The van der Waals surface area contributed by atoms with Gasteiger partial charge in [0.2, 0.25) is 0 Å². The Bertz CT molecular complexity index is 477. The molecule has 156 valence electrons. The summed E-state index contributed by atoms with van der Waals surface area (Å²) in [5, 5.41) is 29.4.